The van der Waals surface area contributed by atoms with Crippen LogP contribution in [0.5, 0.6) is 0 Å². The molecule has 0 bridgehead atoms. The molecule has 8 heteroatoms. The van der Waals surface area contributed by atoms with E-state index in [9.17, 15) is 19.2 Å². The van der Waals surface area contributed by atoms with E-state index in [2.05, 4.69) is 10.6 Å². The molecule has 2 N–H and O–H groups in total. The maximum absolute atomic E-state index is 13.1. The molecule has 3 aromatic carbocycles. The number of benzene rings is 3. The van der Waals surface area contributed by atoms with Crippen LogP contribution in [0.2, 0.25) is 0 Å². The van der Waals surface area contributed by atoms with Crippen molar-refractivity contribution in [2.24, 2.45) is 0 Å². The van der Waals surface area contributed by atoms with Gasteiger partial charge < -0.3 is 20.1 Å². The molecule has 0 unspecified atom stereocenters. The summed E-state index contributed by atoms with van der Waals surface area (Å²) in [4.78, 5) is 51.2. The van der Waals surface area contributed by atoms with Gasteiger partial charge in [0.2, 0.25) is 0 Å². The van der Waals surface area contributed by atoms with Crippen LogP contribution >= 0.6 is 0 Å². The summed E-state index contributed by atoms with van der Waals surface area (Å²) in [5, 5.41) is 5.78. The maximum atomic E-state index is 13.1. The Kier molecular flexibility index (Phi) is 7.90. The topological polar surface area (TPSA) is 111 Å². The zero-order valence-corrected chi connectivity index (χ0v) is 21.6. The van der Waals surface area contributed by atoms with E-state index in [-0.39, 0.29) is 18.2 Å². The molecule has 8 nitrogen and oxygen atoms in total. The van der Waals surface area contributed by atoms with Gasteiger partial charge in [-0.1, -0.05) is 66.7 Å². The van der Waals surface area contributed by atoms with E-state index in [4.69, 9.17) is 9.47 Å². The minimum atomic E-state index is -1.02. The summed E-state index contributed by atoms with van der Waals surface area (Å²) >= 11 is 0. The minimum Gasteiger partial charge on any atom is -0.464 e. The van der Waals surface area contributed by atoms with E-state index in [0.717, 1.165) is 0 Å². The molecule has 0 aliphatic heterocycles. The van der Waals surface area contributed by atoms with E-state index in [1.165, 1.54) is 0 Å². The standard InChI is InChI=1S/C30H30N2O6/c1-30(2,3)38-29(36)32-25(19-11-5-4-6-12-19)28(35)37-18-10-17-31-23-16-9-15-22-24(23)27(34)21-14-8-7-13-20(21)26(22)33/h4-9,11-16,25,31H,10,17-18H2,1-3H3,(H,32,36)/t25-/m0/s1. The van der Waals surface area contributed by atoms with Crippen LogP contribution in [0.1, 0.15) is 70.6 Å². The highest BCUT2D eigenvalue weighted by Crippen LogP contribution is 2.31. The second-order valence-corrected chi connectivity index (χ2v) is 9.87. The zero-order valence-electron chi connectivity index (χ0n) is 21.6. The number of hydrogen-bond acceptors (Lipinski definition) is 7. The first-order chi connectivity index (χ1) is 18.2. The number of esters is 1. The number of anilines is 1. The third-order valence-corrected chi connectivity index (χ3v) is 5.86. The number of hydrogen-bond donors (Lipinski definition) is 2. The molecule has 0 fully saturated rings. The highest BCUT2D eigenvalue weighted by atomic mass is 16.6. The van der Waals surface area contributed by atoms with Crippen molar-refractivity contribution in [2.75, 3.05) is 18.5 Å². The van der Waals surface area contributed by atoms with E-state index in [1.807, 2.05) is 6.07 Å². The van der Waals surface area contributed by atoms with Gasteiger partial charge in [-0.2, -0.15) is 0 Å². The number of rotatable bonds is 8. The number of carbonyl (C=O) groups excluding carboxylic acids is 4. The first-order valence-electron chi connectivity index (χ1n) is 12.4. The molecule has 0 heterocycles. The SMILES string of the molecule is CC(C)(C)OC(=O)N[C@H](C(=O)OCCCNc1cccc2c1C(=O)c1ccccc1C2=O)c1ccccc1. The Morgan fingerprint density at radius 2 is 1.45 bits per heavy atom. The highest BCUT2D eigenvalue weighted by Gasteiger charge is 2.31. The van der Waals surface area contributed by atoms with Crippen molar-refractivity contribution in [3.8, 4) is 0 Å². The van der Waals surface area contributed by atoms with Crippen molar-refractivity contribution in [3.05, 3.63) is 101 Å². The summed E-state index contributed by atoms with van der Waals surface area (Å²) in [5.74, 6) is -1.00. The Morgan fingerprint density at radius 3 is 2.13 bits per heavy atom. The lowest BCUT2D eigenvalue weighted by Crippen LogP contribution is -2.38. The lowest BCUT2D eigenvalue weighted by molar-refractivity contribution is -0.146. The van der Waals surface area contributed by atoms with Gasteiger partial charge in [-0.15, -0.1) is 0 Å². The lowest BCUT2D eigenvalue weighted by Gasteiger charge is -2.23. The molecule has 0 spiro atoms. The van der Waals surface area contributed by atoms with Crippen LogP contribution in [0.4, 0.5) is 10.5 Å². The number of nitrogens with one attached hydrogen (secondary N) is 2. The number of amides is 1. The van der Waals surface area contributed by atoms with Gasteiger partial charge in [-0.05, 0) is 38.8 Å². The van der Waals surface area contributed by atoms with Crippen molar-refractivity contribution in [1.82, 2.24) is 5.32 Å². The molecular weight excluding hydrogens is 484 g/mol. The summed E-state index contributed by atoms with van der Waals surface area (Å²) in [5.41, 5.74) is 1.91. The number of fused-ring (bicyclic) bond motifs is 2. The van der Waals surface area contributed by atoms with Gasteiger partial charge in [-0.25, -0.2) is 9.59 Å². The normalized spacial score (nSPS) is 13.1. The molecule has 1 atom stereocenters. The molecule has 196 valence electrons. The van der Waals surface area contributed by atoms with Crippen LogP contribution in [-0.4, -0.2) is 42.4 Å². The summed E-state index contributed by atoms with van der Waals surface area (Å²) < 4.78 is 10.8. The van der Waals surface area contributed by atoms with E-state index in [1.54, 1.807) is 87.5 Å². The van der Waals surface area contributed by atoms with Crippen molar-refractivity contribution >= 4 is 29.3 Å². The van der Waals surface area contributed by atoms with Crippen LogP contribution in [0.25, 0.3) is 0 Å². The summed E-state index contributed by atoms with van der Waals surface area (Å²) in [6.07, 6.45) is -0.290. The summed E-state index contributed by atoms with van der Waals surface area (Å²) in [7, 11) is 0. The predicted molar refractivity (Wildman–Crippen MR) is 142 cm³/mol. The molecule has 0 saturated carbocycles. The fourth-order valence-corrected chi connectivity index (χ4v) is 4.19. The number of alkyl carbamates (subject to hydrolysis) is 1. The number of carbonyl (C=O) groups is 4. The first-order valence-corrected chi connectivity index (χ1v) is 12.4. The second kappa shape index (κ2) is 11.3. The van der Waals surface area contributed by atoms with Gasteiger partial charge in [0.25, 0.3) is 0 Å². The smallest absolute Gasteiger partial charge is 0.408 e. The average molecular weight is 515 g/mol. The predicted octanol–water partition coefficient (Wildman–Crippen LogP) is 5.07. The molecule has 0 radical (unpaired) electrons. The molecule has 1 aliphatic carbocycles. The van der Waals surface area contributed by atoms with Gasteiger partial charge in [-0.3, -0.25) is 9.59 Å². The van der Waals surface area contributed by atoms with Gasteiger partial charge in [0.1, 0.15) is 5.60 Å². The quantitative estimate of drug-likeness (QED) is 0.249. The van der Waals surface area contributed by atoms with E-state index >= 15 is 0 Å². The molecule has 1 aliphatic rings. The van der Waals surface area contributed by atoms with Crippen molar-refractivity contribution < 1.29 is 28.7 Å². The van der Waals surface area contributed by atoms with Crippen LogP contribution in [-0.2, 0) is 14.3 Å². The molecule has 0 saturated heterocycles. The fourth-order valence-electron chi connectivity index (χ4n) is 4.19. The Balaban J connectivity index is 1.36. The Hall–Kier alpha value is -4.46. The van der Waals surface area contributed by atoms with Gasteiger partial charge in [0.05, 0.1) is 12.2 Å². The first kappa shape index (κ1) is 26.6. The Morgan fingerprint density at radius 1 is 0.816 bits per heavy atom. The van der Waals surface area contributed by atoms with Crippen LogP contribution < -0.4 is 10.6 Å². The van der Waals surface area contributed by atoms with Crippen molar-refractivity contribution in [1.29, 1.82) is 0 Å². The Labute approximate surface area is 221 Å². The van der Waals surface area contributed by atoms with Gasteiger partial charge in [0, 0.05) is 28.9 Å². The molecule has 1 amide bonds. The maximum Gasteiger partial charge on any atom is 0.408 e. The third kappa shape index (κ3) is 6.08. The molecule has 3 aromatic rings. The monoisotopic (exact) mass is 514 g/mol. The Bertz CT molecular complexity index is 1360. The lowest BCUT2D eigenvalue weighted by atomic mass is 9.83. The largest absolute Gasteiger partial charge is 0.464 e. The fraction of sp³-hybridized carbons (Fsp3) is 0.267. The van der Waals surface area contributed by atoms with Crippen LogP contribution in [0.3, 0.4) is 0 Å². The molecule has 0 aromatic heterocycles. The number of ether oxygens (including phenoxy) is 2. The van der Waals surface area contributed by atoms with Crippen LogP contribution in [0, 0.1) is 0 Å². The van der Waals surface area contributed by atoms with E-state index < -0.39 is 23.7 Å². The zero-order chi connectivity index (χ0) is 27.3. The van der Waals surface area contributed by atoms with Gasteiger partial charge in [0.15, 0.2) is 17.6 Å². The molecule has 4 rings (SSSR count). The molecular formula is C30H30N2O6. The summed E-state index contributed by atoms with van der Waals surface area (Å²) in [6.45, 7) is 5.68. The van der Waals surface area contributed by atoms with Crippen molar-refractivity contribution in [3.63, 3.8) is 0 Å². The van der Waals surface area contributed by atoms with E-state index in [0.29, 0.717) is 46.5 Å². The second-order valence-electron chi connectivity index (χ2n) is 9.87. The minimum absolute atomic E-state index is 0.0793. The number of ketones is 2. The highest BCUT2D eigenvalue weighted by molar-refractivity contribution is 6.30. The van der Waals surface area contributed by atoms with Gasteiger partial charge >= 0.3 is 12.1 Å². The average Bonchev–Trinajstić information content (AvgIpc) is 2.89. The van der Waals surface area contributed by atoms with Crippen molar-refractivity contribution in [2.45, 2.75) is 38.8 Å². The van der Waals surface area contributed by atoms with Crippen LogP contribution in [0.15, 0.2) is 72.8 Å². The molecule has 38 heavy (non-hydrogen) atoms. The third-order valence-electron chi connectivity index (χ3n) is 5.86. The summed E-state index contributed by atoms with van der Waals surface area (Å²) in [6, 6.07) is 19.7.